The number of aryl methyl sites for hydroxylation is 3. The summed E-state index contributed by atoms with van der Waals surface area (Å²) < 4.78 is 1.63. The van der Waals surface area contributed by atoms with E-state index in [0.29, 0.717) is 17.0 Å². The van der Waals surface area contributed by atoms with Gasteiger partial charge in [-0.15, -0.1) is 0 Å². The first kappa shape index (κ1) is 16.7. The minimum atomic E-state index is -0.153. The first-order valence-electron chi connectivity index (χ1n) is 8.72. The van der Waals surface area contributed by atoms with Gasteiger partial charge in [0.15, 0.2) is 5.65 Å². The Bertz CT molecular complexity index is 834. The molecule has 2 atom stereocenters. The van der Waals surface area contributed by atoms with Crippen molar-refractivity contribution in [3.63, 3.8) is 0 Å². The van der Waals surface area contributed by atoms with Crippen LogP contribution in [0.2, 0.25) is 0 Å². The molecular formula is C18H26N4O2. The van der Waals surface area contributed by atoms with Crippen LogP contribution in [0.3, 0.4) is 0 Å². The molecule has 0 radical (unpaired) electrons. The summed E-state index contributed by atoms with van der Waals surface area (Å²) >= 11 is 0. The Morgan fingerprint density at radius 3 is 2.75 bits per heavy atom. The lowest BCUT2D eigenvalue weighted by Crippen LogP contribution is -2.41. The molecule has 1 aliphatic rings. The van der Waals surface area contributed by atoms with E-state index >= 15 is 0 Å². The van der Waals surface area contributed by atoms with E-state index in [9.17, 15) is 9.59 Å². The Hall–Kier alpha value is -2.11. The van der Waals surface area contributed by atoms with Gasteiger partial charge in [-0.1, -0.05) is 19.8 Å². The van der Waals surface area contributed by atoms with Crippen molar-refractivity contribution >= 4 is 16.9 Å². The molecule has 130 valence electrons. The van der Waals surface area contributed by atoms with Gasteiger partial charge in [0.2, 0.25) is 5.91 Å². The number of nitrogens with one attached hydrogen (secondary N) is 2. The zero-order valence-electron chi connectivity index (χ0n) is 14.9. The van der Waals surface area contributed by atoms with Crippen LogP contribution in [0.1, 0.15) is 49.4 Å². The minimum absolute atomic E-state index is 0.0217. The molecule has 2 N–H and O–H groups in total. The maximum absolute atomic E-state index is 12.5. The van der Waals surface area contributed by atoms with Crippen molar-refractivity contribution in [1.82, 2.24) is 20.1 Å². The molecule has 1 fully saturated rings. The van der Waals surface area contributed by atoms with E-state index in [1.165, 1.54) is 19.3 Å². The van der Waals surface area contributed by atoms with Crippen LogP contribution in [0, 0.1) is 19.8 Å². The highest BCUT2D eigenvalue weighted by atomic mass is 16.1. The van der Waals surface area contributed by atoms with Gasteiger partial charge in [0.05, 0.1) is 11.8 Å². The first-order valence-corrected chi connectivity index (χ1v) is 8.72. The van der Waals surface area contributed by atoms with Gasteiger partial charge in [-0.05, 0) is 43.7 Å². The monoisotopic (exact) mass is 330 g/mol. The molecule has 24 heavy (non-hydrogen) atoms. The summed E-state index contributed by atoms with van der Waals surface area (Å²) in [6, 6.07) is 0.267. The lowest BCUT2D eigenvalue weighted by molar-refractivity contribution is -0.121. The molecule has 1 aliphatic carbocycles. The summed E-state index contributed by atoms with van der Waals surface area (Å²) in [6.45, 7) is 6.01. The fourth-order valence-corrected chi connectivity index (χ4v) is 3.86. The molecule has 6 heteroatoms. The largest absolute Gasteiger partial charge is 0.353 e. The molecule has 2 aromatic rings. The van der Waals surface area contributed by atoms with Crippen molar-refractivity contribution in [1.29, 1.82) is 0 Å². The Kier molecular flexibility index (Phi) is 4.47. The number of hydrogen-bond donors (Lipinski definition) is 2. The number of rotatable bonds is 3. The van der Waals surface area contributed by atoms with E-state index in [0.717, 1.165) is 23.2 Å². The number of pyridine rings is 1. The molecule has 2 aromatic heterocycles. The number of aromatic nitrogens is 3. The fraction of sp³-hybridized carbons (Fsp3) is 0.611. The SMILES string of the molecule is Cc1nc2c(c(C)c1CC(=O)NC1CCCCC1C)c(=O)[nH]n2C. The number of nitrogens with zero attached hydrogens (tertiary/aromatic N) is 2. The third-order valence-corrected chi connectivity index (χ3v) is 5.37. The van der Waals surface area contributed by atoms with Gasteiger partial charge in [-0.3, -0.25) is 19.4 Å². The average Bonchev–Trinajstić information content (AvgIpc) is 2.80. The van der Waals surface area contributed by atoms with Crippen molar-refractivity contribution in [3.8, 4) is 0 Å². The van der Waals surface area contributed by atoms with E-state index in [1.807, 2.05) is 13.8 Å². The predicted octanol–water partition coefficient (Wildman–Crippen LogP) is 2.12. The average molecular weight is 330 g/mol. The van der Waals surface area contributed by atoms with Crippen LogP contribution in [0.15, 0.2) is 4.79 Å². The van der Waals surface area contributed by atoms with Crippen LogP contribution in [0.5, 0.6) is 0 Å². The molecule has 6 nitrogen and oxygen atoms in total. The third kappa shape index (κ3) is 2.97. The first-order chi connectivity index (χ1) is 11.4. The van der Waals surface area contributed by atoms with Gasteiger partial charge >= 0.3 is 0 Å². The minimum Gasteiger partial charge on any atom is -0.353 e. The van der Waals surface area contributed by atoms with E-state index in [-0.39, 0.29) is 23.9 Å². The second kappa shape index (κ2) is 6.42. The maximum atomic E-state index is 12.5. The van der Waals surface area contributed by atoms with Crippen LogP contribution in [0.4, 0.5) is 0 Å². The lowest BCUT2D eigenvalue weighted by Gasteiger charge is -2.29. The van der Waals surface area contributed by atoms with Crippen molar-refractivity contribution in [2.75, 3.05) is 0 Å². The third-order valence-electron chi connectivity index (χ3n) is 5.37. The van der Waals surface area contributed by atoms with Crippen molar-refractivity contribution in [2.45, 2.75) is 58.9 Å². The second-order valence-electron chi connectivity index (χ2n) is 7.11. The Balaban J connectivity index is 1.85. The lowest BCUT2D eigenvalue weighted by atomic mass is 9.86. The Morgan fingerprint density at radius 1 is 1.33 bits per heavy atom. The van der Waals surface area contributed by atoms with E-state index in [4.69, 9.17) is 0 Å². The number of fused-ring (bicyclic) bond motifs is 1. The van der Waals surface area contributed by atoms with E-state index < -0.39 is 0 Å². The summed E-state index contributed by atoms with van der Waals surface area (Å²) in [4.78, 5) is 29.2. The van der Waals surface area contributed by atoms with Gasteiger partial charge in [0.1, 0.15) is 0 Å². The molecule has 0 aromatic carbocycles. The number of H-pyrrole nitrogens is 1. The number of hydrogen-bond acceptors (Lipinski definition) is 3. The van der Waals surface area contributed by atoms with Crippen molar-refractivity contribution < 1.29 is 4.79 Å². The highest BCUT2D eigenvalue weighted by molar-refractivity contribution is 5.84. The normalized spacial score (nSPS) is 21.2. The zero-order chi connectivity index (χ0) is 17.4. The number of aromatic amines is 1. The Labute approximate surface area is 141 Å². The van der Waals surface area contributed by atoms with Crippen LogP contribution in [-0.4, -0.2) is 26.7 Å². The molecule has 2 unspecified atom stereocenters. The quantitative estimate of drug-likeness (QED) is 0.904. The van der Waals surface area contributed by atoms with Gasteiger partial charge in [-0.2, -0.15) is 0 Å². The highest BCUT2D eigenvalue weighted by Gasteiger charge is 2.24. The zero-order valence-corrected chi connectivity index (χ0v) is 14.9. The summed E-state index contributed by atoms with van der Waals surface area (Å²) in [5.41, 5.74) is 3.01. The molecule has 0 saturated heterocycles. The molecule has 1 saturated carbocycles. The standard InChI is InChI=1S/C18H26N4O2/c1-10-7-5-6-8-14(10)20-15(23)9-13-11(2)16-17(19-12(13)3)22(4)21-18(16)24/h10,14H,5-9H2,1-4H3,(H,20,23)(H,21,24). The highest BCUT2D eigenvalue weighted by Crippen LogP contribution is 2.24. The number of carbonyl (C=O) groups is 1. The molecular weight excluding hydrogens is 304 g/mol. The smallest absolute Gasteiger partial charge is 0.273 e. The van der Waals surface area contributed by atoms with Gasteiger partial charge in [-0.25, -0.2) is 4.98 Å². The summed E-state index contributed by atoms with van der Waals surface area (Å²) in [5, 5.41) is 6.50. The maximum Gasteiger partial charge on any atom is 0.273 e. The van der Waals surface area contributed by atoms with E-state index in [1.54, 1.807) is 11.7 Å². The summed E-state index contributed by atoms with van der Waals surface area (Å²) in [5.74, 6) is 0.552. The fourth-order valence-electron chi connectivity index (χ4n) is 3.86. The summed E-state index contributed by atoms with van der Waals surface area (Å²) in [6.07, 6.45) is 4.94. The molecule has 0 bridgehead atoms. The van der Waals surface area contributed by atoms with E-state index in [2.05, 4.69) is 22.3 Å². The van der Waals surface area contributed by atoms with Gasteiger partial charge in [0.25, 0.3) is 5.56 Å². The molecule has 0 aliphatic heterocycles. The van der Waals surface area contributed by atoms with Crippen molar-refractivity contribution in [2.24, 2.45) is 13.0 Å². The molecule has 3 rings (SSSR count). The molecule has 1 amide bonds. The Morgan fingerprint density at radius 2 is 2.04 bits per heavy atom. The number of carbonyl (C=O) groups excluding carboxylic acids is 1. The predicted molar refractivity (Wildman–Crippen MR) is 94.1 cm³/mol. The second-order valence-corrected chi connectivity index (χ2v) is 7.11. The van der Waals surface area contributed by atoms with Crippen LogP contribution >= 0.6 is 0 Å². The molecule has 0 spiro atoms. The van der Waals surface area contributed by atoms with Crippen LogP contribution in [-0.2, 0) is 18.3 Å². The van der Waals surface area contributed by atoms with Gasteiger partial charge in [0, 0.05) is 18.8 Å². The topological polar surface area (TPSA) is 79.8 Å². The molecule has 2 heterocycles. The summed E-state index contributed by atoms with van der Waals surface area (Å²) in [7, 11) is 1.77. The van der Waals surface area contributed by atoms with Crippen LogP contribution < -0.4 is 10.9 Å². The van der Waals surface area contributed by atoms with Crippen molar-refractivity contribution in [3.05, 3.63) is 27.2 Å². The van der Waals surface area contributed by atoms with Crippen LogP contribution in [0.25, 0.3) is 11.0 Å². The van der Waals surface area contributed by atoms with Gasteiger partial charge < -0.3 is 5.32 Å². The number of amides is 1.